The maximum Gasteiger partial charge on any atom is 0.0419 e. The predicted octanol–water partition coefficient (Wildman–Crippen LogP) is 3.03. The normalized spacial score (nSPS) is 10.6. The number of aromatic nitrogens is 1. The summed E-state index contributed by atoms with van der Waals surface area (Å²) in [5.41, 5.74) is 4.89. The first-order chi connectivity index (χ1) is 8.74. The highest BCUT2D eigenvalue weighted by atomic mass is 14.9. The Morgan fingerprint density at radius 2 is 1.78 bits per heavy atom. The Balaban J connectivity index is 1.74. The van der Waals surface area contributed by atoms with Gasteiger partial charge >= 0.3 is 0 Å². The summed E-state index contributed by atoms with van der Waals surface area (Å²) < 4.78 is 0. The number of aryl methyl sites for hydroxylation is 2. The van der Waals surface area contributed by atoms with Crippen molar-refractivity contribution in [2.75, 3.05) is 6.54 Å². The first kappa shape index (κ1) is 12.8. The first-order valence-corrected chi connectivity index (χ1v) is 6.43. The monoisotopic (exact) mass is 240 g/mol. The minimum Gasteiger partial charge on any atom is -0.312 e. The van der Waals surface area contributed by atoms with Crippen molar-refractivity contribution in [1.82, 2.24) is 10.3 Å². The lowest BCUT2D eigenvalue weighted by atomic mass is 10.1. The van der Waals surface area contributed by atoms with E-state index in [9.17, 15) is 0 Å². The van der Waals surface area contributed by atoms with Crippen LogP contribution in [0.3, 0.4) is 0 Å². The standard InChI is InChI=1S/C16H20N2/c1-13-6-8-15(9-7-13)12-17-11-10-16-5-3-4-14(2)18-16/h3-9,17H,10-12H2,1-2H3. The van der Waals surface area contributed by atoms with Crippen LogP contribution >= 0.6 is 0 Å². The van der Waals surface area contributed by atoms with Gasteiger partial charge in [0.1, 0.15) is 0 Å². The summed E-state index contributed by atoms with van der Waals surface area (Å²) in [5.74, 6) is 0. The van der Waals surface area contributed by atoms with E-state index in [0.29, 0.717) is 0 Å². The lowest BCUT2D eigenvalue weighted by molar-refractivity contribution is 0.679. The molecule has 0 radical (unpaired) electrons. The summed E-state index contributed by atoms with van der Waals surface area (Å²) in [5, 5.41) is 3.45. The molecule has 0 unspecified atom stereocenters. The molecule has 1 N–H and O–H groups in total. The van der Waals surface area contributed by atoms with E-state index in [1.54, 1.807) is 0 Å². The molecular weight excluding hydrogens is 220 g/mol. The lowest BCUT2D eigenvalue weighted by Crippen LogP contribution is -2.17. The maximum atomic E-state index is 4.49. The second kappa shape index (κ2) is 6.31. The molecule has 94 valence electrons. The van der Waals surface area contributed by atoms with Crippen LogP contribution < -0.4 is 5.32 Å². The molecule has 2 rings (SSSR count). The van der Waals surface area contributed by atoms with Crippen LogP contribution in [0, 0.1) is 13.8 Å². The number of nitrogens with one attached hydrogen (secondary N) is 1. The molecule has 2 aromatic rings. The number of nitrogens with zero attached hydrogens (tertiary/aromatic N) is 1. The fourth-order valence-corrected chi connectivity index (χ4v) is 1.89. The zero-order chi connectivity index (χ0) is 12.8. The van der Waals surface area contributed by atoms with E-state index in [1.807, 2.05) is 13.0 Å². The second-order valence-corrected chi connectivity index (χ2v) is 4.68. The van der Waals surface area contributed by atoms with Crippen molar-refractivity contribution in [3.05, 3.63) is 65.0 Å². The molecule has 0 spiro atoms. The zero-order valence-corrected chi connectivity index (χ0v) is 11.1. The molecule has 0 atom stereocenters. The second-order valence-electron chi connectivity index (χ2n) is 4.68. The summed E-state index contributed by atoms with van der Waals surface area (Å²) in [7, 11) is 0. The third-order valence-electron chi connectivity index (χ3n) is 2.95. The van der Waals surface area contributed by atoms with Crippen LogP contribution in [0.15, 0.2) is 42.5 Å². The van der Waals surface area contributed by atoms with E-state index in [2.05, 4.69) is 53.6 Å². The van der Waals surface area contributed by atoms with Gasteiger partial charge in [0.05, 0.1) is 0 Å². The molecule has 1 heterocycles. The van der Waals surface area contributed by atoms with E-state index in [0.717, 1.165) is 30.9 Å². The predicted molar refractivity (Wildman–Crippen MR) is 75.6 cm³/mol. The largest absolute Gasteiger partial charge is 0.312 e. The highest BCUT2D eigenvalue weighted by molar-refractivity contribution is 5.21. The minimum absolute atomic E-state index is 0.923. The average molecular weight is 240 g/mol. The molecule has 0 bridgehead atoms. The molecule has 1 aromatic carbocycles. The van der Waals surface area contributed by atoms with Gasteiger partial charge in [-0.1, -0.05) is 35.9 Å². The molecular formula is C16H20N2. The molecule has 0 aliphatic heterocycles. The Morgan fingerprint density at radius 3 is 2.50 bits per heavy atom. The minimum atomic E-state index is 0.923. The van der Waals surface area contributed by atoms with Crippen LogP contribution in [0.4, 0.5) is 0 Å². The van der Waals surface area contributed by atoms with Gasteiger partial charge in [0.25, 0.3) is 0 Å². The summed E-state index contributed by atoms with van der Waals surface area (Å²) in [4.78, 5) is 4.49. The van der Waals surface area contributed by atoms with E-state index in [1.165, 1.54) is 11.1 Å². The van der Waals surface area contributed by atoms with Gasteiger partial charge in [-0.2, -0.15) is 0 Å². The smallest absolute Gasteiger partial charge is 0.0419 e. The van der Waals surface area contributed by atoms with E-state index in [4.69, 9.17) is 0 Å². The average Bonchev–Trinajstić information content (AvgIpc) is 2.37. The molecule has 0 fully saturated rings. The molecule has 0 amide bonds. The Bertz CT molecular complexity index is 489. The van der Waals surface area contributed by atoms with Crippen LogP contribution in [0.2, 0.25) is 0 Å². The van der Waals surface area contributed by atoms with Crippen LogP contribution in [0.5, 0.6) is 0 Å². The summed E-state index contributed by atoms with van der Waals surface area (Å²) >= 11 is 0. The van der Waals surface area contributed by atoms with Crippen LogP contribution in [-0.2, 0) is 13.0 Å². The van der Waals surface area contributed by atoms with Gasteiger partial charge in [0.15, 0.2) is 0 Å². The highest BCUT2D eigenvalue weighted by Gasteiger charge is 1.96. The number of hydrogen-bond donors (Lipinski definition) is 1. The van der Waals surface area contributed by atoms with Crippen molar-refractivity contribution in [3.8, 4) is 0 Å². The van der Waals surface area contributed by atoms with Crippen molar-refractivity contribution in [1.29, 1.82) is 0 Å². The molecule has 2 nitrogen and oxygen atoms in total. The van der Waals surface area contributed by atoms with Crippen LogP contribution in [-0.4, -0.2) is 11.5 Å². The van der Waals surface area contributed by atoms with Gasteiger partial charge in [-0.25, -0.2) is 0 Å². The first-order valence-electron chi connectivity index (χ1n) is 6.43. The van der Waals surface area contributed by atoms with Crippen molar-refractivity contribution in [2.45, 2.75) is 26.8 Å². The summed E-state index contributed by atoms with van der Waals surface area (Å²) in [6.07, 6.45) is 0.980. The highest BCUT2D eigenvalue weighted by Crippen LogP contribution is 2.03. The number of rotatable bonds is 5. The van der Waals surface area contributed by atoms with Gasteiger partial charge in [0.2, 0.25) is 0 Å². The Kier molecular flexibility index (Phi) is 4.48. The quantitative estimate of drug-likeness (QED) is 0.813. The van der Waals surface area contributed by atoms with E-state index >= 15 is 0 Å². The van der Waals surface area contributed by atoms with Crippen LogP contribution in [0.25, 0.3) is 0 Å². The van der Waals surface area contributed by atoms with Gasteiger partial charge in [-0.3, -0.25) is 4.98 Å². The molecule has 18 heavy (non-hydrogen) atoms. The van der Waals surface area contributed by atoms with E-state index < -0.39 is 0 Å². The fraction of sp³-hybridized carbons (Fsp3) is 0.312. The third-order valence-corrected chi connectivity index (χ3v) is 2.95. The van der Waals surface area contributed by atoms with Gasteiger partial charge in [-0.05, 0) is 31.5 Å². The van der Waals surface area contributed by atoms with E-state index in [-0.39, 0.29) is 0 Å². The molecule has 2 heteroatoms. The molecule has 0 aliphatic rings. The Morgan fingerprint density at radius 1 is 1.00 bits per heavy atom. The Labute approximate surface area is 109 Å². The molecule has 0 saturated carbocycles. The number of benzene rings is 1. The maximum absolute atomic E-state index is 4.49. The summed E-state index contributed by atoms with van der Waals surface area (Å²) in [6.45, 7) is 6.03. The van der Waals surface area contributed by atoms with Gasteiger partial charge < -0.3 is 5.32 Å². The van der Waals surface area contributed by atoms with Crippen LogP contribution in [0.1, 0.15) is 22.5 Å². The molecule has 1 aromatic heterocycles. The summed E-state index contributed by atoms with van der Waals surface area (Å²) in [6, 6.07) is 14.8. The zero-order valence-electron chi connectivity index (χ0n) is 11.1. The Hall–Kier alpha value is -1.67. The van der Waals surface area contributed by atoms with Gasteiger partial charge in [0, 0.05) is 30.9 Å². The number of pyridine rings is 1. The molecule has 0 aliphatic carbocycles. The lowest BCUT2D eigenvalue weighted by Gasteiger charge is -2.05. The fourth-order valence-electron chi connectivity index (χ4n) is 1.89. The van der Waals surface area contributed by atoms with Crippen molar-refractivity contribution in [2.24, 2.45) is 0 Å². The SMILES string of the molecule is Cc1ccc(CNCCc2cccc(C)n2)cc1. The van der Waals surface area contributed by atoms with Gasteiger partial charge in [-0.15, -0.1) is 0 Å². The van der Waals surface area contributed by atoms with Crippen molar-refractivity contribution < 1.29 is 0 Å². The molecule has 0 saturated heterocycles. The van der Waals surface area contributed by atoms with Crippen molar-refractivity contribution in [3.63, 3.8) is 0 Å². The third kappa shape index (κ3) is 3.97. The number of hydrogen-bond acceptors (Lipinski definition) is 2. The topological polar surface area (TPSA) is 24.9 Å². The van der Waals surface area contributed by atoms with Crippen molar-refractivity contribution >= 4 is 0 Å².